The zero-order valence-electron chi connectivity index (χ0n) is 15.0. The Labute approximate surface area is 189 Å². The fourth-order valence-electron chi connectivity index (χ4n) is 2.49. The van der Waals surface area contributed by atoms with Gasteiger partial charge in [0, 0.05) is 6.42 Å². The monoisotopic (exact) mass is 610 g/mol. The van der Waals surface area contributed by atoms with E-state index in [-0.39, 0.29) is 18.6 Å². The van der Waals surface area contributed by atoms with E-state index in [1.54, 1.807) is 31.2 Å². The van der Waals surface area contributed by atoms with Crippen molar-refractivity contribution < 1.29 is 24.5 Å². The van der Waals surface area contributed by atoms with Gasteiger partial charge in [0.1, 0.15) is 17.3 Å². The summed E-state index contributed by atoms with van der Waals surface area (Å²) in [5.41, 5.74) is 12.0. The van der Waals surface area contributed by atoms with Gasteiger partial charge >= 0.3 is 11.9 Å². The molecule has 0 bridgehead atoms. The Morgan fingerprint density at radius 3 is 2.18 bits per heavy atom. The molecule has 0 amide bonds. The van der Waals surface area contributed by atoms with Crippen molar-refractivity contribution in [1.29, 1.82) is 0 Å². The van der Waals surface area contributed by atoms with Crippen LogP contribution in [0.25, 0.3) is 0 Å². The van der Waals surface area contributed by atoms with Crippen molar-refractivity contribution in [1.82, 2.24) is 0 Å². The standard InChI is InChI=1S/C19H20I2N2O5/c1-19(23,9-10-2-4-12(24)5-3-10)18(27)28-16-13(20)6-11(7-14(16)21)8-15(22)17(25)26/h2-7,15,24H,8-9,22-23H2,1H3,(H,25,26)/t15-,19-/m0/s1. The van der Waals surface area contributed by atoms with Crippen LogP contribution < -0.4 is 16.2 Å². The summed E-state index contributed by atoms with van der Waals surface area (Å²) in [6.45, 7) is 1.59. The lowest BCUT2D eigenvalue weighted by Gasteiger charge is -2.23. The Balaban J connectivity index is 2.15. The van der Waals surface area contributed by atoms with E-state index in [9.17, 15) is 14.7 Å². The van der Waals surface area contributed by atoms with Gasteiger partial charge < -0.3 is 26.4 Å². The van der Waals surface area contributed by atoms with Crippen molar-refractivity contribution in [2.75, 3.05) is 0 Å². The molecule has 0 fully saturated rings. The van der Waals surface area contributed by atoms with E-state index in [1.165, 1.54) is 12.1 Å². The van der Waals surface area contributed by atoms with E-state index in [2.05, 4.69) is 0 Å². The van der Waals surface area contributed by atoms with Gasteiger partial charge in [0.05, 0.1) is 7.14 Å². The summed E-state index contributed by atoms with van der Waals surface area (Å²) >= 11 is 4.05. The number of nitrogens with two attached hydrogens (primary N) is 2. The molecule has 0 radical (unpaired) electrons. The molecular weight excluding hydrogens is 590 g/mol. The molecule has 28 heavy (non-hydrogen) atoms. The lowest BCUT2D eigenvalue weighted by atomic mass is 9.94. The number of esters is 1. The summed E-state index contributed by atoms with van der Waals surface area (Å²) in [5.74, 6) is -1.15. The van der Waals surface area contributed by atoms with Crippen LogP contribution in [-0.4, -0.2) is 33.7 Å². The maximum atomic E-state index is 12.7. The first-order valence-electron chi connectivity index (χ1n) is 8.25. The van der Waals surface area contributed by atoms with Gasteiger partial charge in [-0.3, -0.25) is 4.79 Å². The maximum absolute atomic E-state index is 12.7. The number of aliphatic carboxylic acids is 1. The lowest BCUT2D eigenvalue weighted by molar-refractivity contribution is -0.140. The minimum absolute atomic E-state index is 0.136. The number of phenolic OH excluding ortho intramolecular Hbond substituents is 1. The van der Waals surface area contributed by atoms with Gasteiger partial charge in [-0.05, 0) is 93.9 Å². The van der Waals surface area contributed by atoms with Gasteiger partial charge in [0.2, 0.25) is 0 Å². The average molecular weight is 610 g/mol. The van der Waals surface area contributed by atoms with E-state index in [0.717, 1.165) is 11.1 Å². The average Bonchev–Trinajstić information content (AvgIpc) is 2.59. The molecule has 0 heterocycles. The fraction of sp³-hybridized carbons (Fsp3) is 0.263. The highest BCUT2D eigenvalue weighted by Gasteiger charge is 2.32. The van der Waals surface area contributed by atoms with Gasteiger partial charge in [0.15, 0.2) is 5.75 Å². The summed E-state index contributed by atoms with van der Waals surface area (Å²) in [6.07, 6.45) is 0.413. The highest BCUT2D eigenvalue weighted by atomic mass is 127. The quantitative estimate of drug-likeness (QED) is 0.215. The van der Waals surface area contributed by atoms with Crippen LogP contribution in [-0.2, 0) is 22.4 Å². The second-order valence-electron chi connectivity index (χ2n) is 6.69. The number of benzene rings is 2. The summed E-state index contributed by atoms with van der Waals surface area (Å²) in [7, 11) is 0. The number of carboxylic acids is 1. The van der Waals surface area contributed by atoms with Gasteiger partial charge in [-0.15, -0.1) is 0 Å². The first-order valence-corrected chi connectivity index (χ1v) is 10.4. The van der Waals surface area contributed by atoms with Crippen molar-refractivity contribution in [3.63, 3.8) is 0 Å². The summed E-state index contributed by atoms with van der Waals surface area (Å²) in [4.78, 5) is 23.6. The van der Waals surface area contributed by atoms with Crippen molar-refractivity contribution >= 4 is 57.1 Å². The third-order valence-corrected chi connectivity index (χ3v) is 5.60. The van der Waals surface area contributed by atoms with Crippen molar-refractivity contribution in [3.05, 3.63) is 54.7 Å². The predicted octanol–water partition coefficient (Wildman–Crippen LogP) is 2.42. The van der Waals surface area contributed by atoms with Crippen molar-refractivity contribution in [2.45, 2.75) is 31.3 Å². The van der Waals surface area contributed by atoms with Gasteiger partial charge in [-0.2, -0.15) is 0 Å². The zero-order valence-corrected chi connectivity index (χ0v) is 19.3. The van der Waals surface area contributed by atoms with Crippen molar-refractivity contribution in [3.8, 4) is 11.5 Å². The molecule has 0 saturated carbocycles. The number of halogens is 2. The second-order valence-corrected chi connectivity index (χ2v) is 9.01. The first-order chi connectivity index (χ1) is 13.0. The minimum Gasteiger partial charge on any atom is -0.508 e. The number of rotatable bonds is 7. The van der Waals surface area contributed by atoms with Gasteiger partial charge in [-0.1, -0.05) is 12.1 Å². The summed E-state index contributed by atoms with van der Waals surface area (Å²) < 4.78 is 6.88. The number of hydrogen-bond acceptors (Lipinski definition) is 6. The Morgan fingerprint density at radius 1 is 1.14 bits per heavy atom. The van der Waals surface area contributed by atoms with E-state index in [1.807, 2.05) is 45.2 Å². The molecule has 0 aliphatic heterocycles. The topological polar surface area (TPSA) is 136 Å². The minimum atomic E-state index is -1.27. The molecule has 0 aliphatic rings. The third kappa shape index (κ3) is 6.03. The van der Waals surface area contributed by atoms with Crippen LogP contribution in [0.3, 0.4) is 0 Å². The number of phenols is 1. The number of hydrogen-bond donors (Lipinski definition) is 4. The van der Waals surface area contributed by atoms with Gasteiger partial charge in [-0.25, -0.2) is 4.79 Å². The Hall–Kier alpha value is -1.44. The fourth-order valence-corrected chi connectivity index (χ4v) is 4.61. The van der Waals surface area contributed by atoms with Crippen molar-refractivity contribution in [2.24, 2.45) is 11.5 Å². The molecule has 0 aliphatic carbocycles. The van der Waals surface area contributed by atoms with E-state index < -0.39 is 23.5 Å². The molecule has 0 spiro atoms. The Bertz CT molecular complexity index is 861. The Morgan fingerprint density at radius 2 is 1.68 bits per heavy atom. The molecule has 0 saturated heterocycles. The molecular formula is C19H20I2N2O5. The van der Waals surface area contributed by atoms with Gasteiger partial charge in [0.25, 0.3) is 0 Å². The highest BCUT2D eigenvalue weighted by molar-refractivity contribution is 14.1. The van der Waals surface area contributed by atoms with Crippen LogP contribution in [0.1, 0.15) is 18.1 Å². The number of aromatic hydroxyl groups is 1. The smallest absolute Gasteiger partial charge is 0.331 e. The highest BCUT2D eigenvalue weighted by Crippen LogP contribution is 2.30. The number of carboxylic acid groups (broad SMARTS) is 1. The van der Waals surface area contributed by atoms with Crippen LogP contribution in [0, 0.1) is 7.14 Å². The van der Waals surface area contributed by atoms with Crippen LogP contribution in [0.2, 0.25) is 0 Å². The van der Waals surface area contributed by atoms with Crippen LogP contribution in [0.5, 0.6) is 11.5 Å². The predicted molar refractivity (Wildman–Crippen MR) is 121 cm³/mol. The molecule has 7 nitrogen and oxygen atoms in total. The summed E-state index contributed by atoms with van der Waals surface area (Å²) in [5, 5.41) is 18.3. The van der Waals surface area contributed by atoms with E-state index in [4.69, 9.17) is 21.3 Å². The van der Waals surface area contributed by atoms with Crippen LogP contribution >= 0.6 is 45.2 Å². The number of carbonyl (C=O) groups excluding carboxylic acids is 1. The molecule has 6 N–H and O–H groups in total. The van der Waals surface area contributed by atoms with Crippen LogP contribution in [0.15, 0.2) is 36.4 Å². The Kier molecular flexibility index (Phi) is 7.65. The normalized spacial score (nSPS) is 14.2. The maximum Gasteiger partial charge on any atom is 0.331 e. The molecule has 0 unspecified atom stereocenters. The summed E-state index contributed by atoms with van der Waals surface area (Å²) in [6, 6.07) is 8.93. The molecule has 150 valence electrons. The lowest BCUT2D eigenvalue weighted by Crippen LogP contribution is -2.49. The molecule has 2 rings (SSSR count). The largest absolute Gasteiger partial charge is 0.508 e. The van der Waals surface area contributed by atoms with Crippen LogP contribution in [0.4, 0.5) is 0 Å². The molecule has 0 aromatic heterocycles. The molecule has 2 aromatic carbocycles. The zero-order chi connectivity index (χ0) is 21.1. The van der Waals surface area contributed by atoms with E-state index >= 15 is 0 Å². The first kappa shape index (κ1) is 22.8. The molecule has 9 heteroatoms. The molecule has 2 aromatic rings. The third-order valence-electron chi connectivity index (χ3n) is 4.00. The van der Waals surface area contributed by atoms with E-state index in [0.29, 0.717) is 12.9 Å². The molecule has 2 atom stereocenters. The SMILES string of the molecule is C[C@](N)(Cc1ccc(O)cc1)C(=O)Oc1c(I)cc(C[C@H](N)C(=O)O)cc1I. The number of carbonyl (C=O) groups is 2. The second kappa shape index (κ2) is 9.37. The number of ether oxygens (including phenoxy) is 1.